The summed E-state index contributed by atoms with van der Waals surface area (Å²) in [6.07, 6.45) is 2.66. The van der Waals surface area contributed by atoms with Crippen molar-refractivity contribution < 1.29 is 14.3 Å². The molecular formula is C19H18ClNO3. The summed E-state index contributed by atoms with van der Waals surface area (Å²) in [7, 11) is 0. The summed E-state index contributed by atoms with van der Waals surface area (Å²) < 4.78 is 5.30. The molecule has 1 fully saturated rings. The number of amides is 1. The highest BCUT2D eigenvalue weighted by Gasteiger charge is 2.45. The standard InChI is InChI=1S/C19H18ClNO3/c20-15-7-5-14(6-8-15)19(9-2-10-19)18(23)13-3-1-4-16(11-13)24-12-17(21)22/h1,3-8,11H,2,9-10,12H2,(H2,21,22). The number of nitrogens with two attached hydrogens (primary N) is 1. The van der Waals surface area contributed by atoms with Crippen molar-refractivity contribution in [3.05, 3.63) is 64.7 Å². The minimum Gasteiger partial charge on any atom is -0.484 e. The average molecular weight is 344 g/mol. The van der Waals surface area contributed by atoms with E-state index in [0.29, 0.717) is 16.3 Å². The van der Waals surface area contributed by atoms with Gasteiger partial charge in [-0.05, 0) is 42.7 Å². The van der Waals surface area contributed by atoms with Crippen molar-refractivity contribution in [3.63, 3.8) is 0 Å². The van der Waals surface area contributed by atoms with Crippen molar-refractivity contribution in [2.45, 2.75) is 24.7 Å². The quantitative estimate of drug-likeness (QED) is 0.816. The molecule has 1 amide bonds. The average Bonchev–Trinajstić information content (AvgIpc) is 2.54. The van der Waals surface area contributed by atoms with Gasteiger partial charge in [-0.25, -0.2) is 0 Å². The van der Waals surface area contributed by atoms with Crippen LogP contribution in [0.1, 0.15) is 35.2 Å². The van der Waals surface area contributed by atoms with Gasteiger partial charge in [-0.1, -0.05) is 42.3 Å². The first-order valence-electron chi connectivity index (χ1n) is 7.83. The molecule has 0 radical (unpaired) electrons. The molecule has 24 heavy (non-hydrogen) atoms. The Bertz CT molecular complexity index is 766. The number of hydrogen-bond donors (Lipinski definition) is 1. The van der Waals surface area contributed by atoms with E-state index in [1.807, 2.05) is 24.3 Å². The van der Waals surface area contributed by atoms with Crippen LogP contribution in [0.25, 0.3) is 0 Å². The number of carbonyl (C=O) groups is 2. The fourth-order valence-electron chi connectivity index (χ4n) is 3.10. The number of primary amides is 1. The van der Waals surface area contributed by atoms with Crippen molar-refractivity contribution in [3.8, 4) is 5.75 Å². The van der Waals surface area contributed by atoms with Crippen LogP contribution >= 0.6 is 11.6 Å². The van der Waals surface area contributed by atoms with Crippen LogP contribution in [0.2, 0.25) is 5.02 Å². The van der Waals surface area contributed by atoms with E-state index in [1.165, 1.54) is 0 Å². The molecule has 2 N–H and O–H groups in total. The number of carbonyl (C=O) groups excluding carboxylic acids is 2. The topological polar surface area (TPSA) is 69.4 Å². The van der Waals surface area contributed by atoms with Gasteiger partial charge in [0.1, 0.15) is 5.75 Å². The zero-order chi connectivity index (χ0) is 17.2. The Morgan fingerprint density at radius 1 is 1.12 bits per heavy atom. The lowest BCUT2D eigenvalue weighted by Gasteiger charge is -2.41. The molecule has 0 atom stereocenters. The molecule has 124 valence electrons. The lowest BCUT2D eigenvalue weighted by molar-refractivity contribution is -0.119. The molecule has 0 unspecified atom stereocenters. The number of Topliss-reactive ketones (excluding diaryl/α,β-unsaturated/α-hetero) is 1. The highest BCUT2D eigenvalue weighted by molar-refractivity contribution is 6.30. The van der Waals surface area contributed by atoms with Crippen LogP contribution in [0.4, 0.5) is 0 Å². The van der Waals surface area contributed by atoms with Crippen LogP contribution in [-0.2, 0) is 10.2 Å². The molecule has 3 rings (SSSR count). The molecule has 0 aliphatic heterocycles. The van der Waals surface area contributed by atoms with Gasteiger partial charge in [-0.3, -0.25) is 9.59 Å². The molecule has 2 aromatic carbocycles. The summed E-state index contributed by atoms with van der Waals surface area (Å²) >= 11 is 5.96. The first-order chi connectivity index (χ1) is 11.5. The van der Waals surface area contributed by atoms with Crippen LogP contribution in [0, 0.1) is 0 Å². The van der Waals surface area contributed by atoms with Crippen LogP contribution < -0.4 is 10.5 Å². The lowest BCUT2D eigenvalue weighted by Crippen LogP contribution is -2.42. The molecule has 1 aliphatic rings. The van der Waals surface area contributed by atoms with E-state index in [2.05, 4.69) is 0 Å². The van der Waals surface area contributed by atoms with E-state index in [0.717, 1.165) is 24.8 Å². The van der Waals surface area contributed by atoms with E-state index in [1.54, 1.807) is 24.3 Å². The zero-order valence-corrected chi connectivity index (χ0v) is 13.9. The molecule has 2 aromatic rings. The maximum atomic E-state index is 13.1. The van der Waals surface area contributed by atoms with Gasteiger partial charge in [0.05, 0.1) is 5.41 Å². The fourth-order valence-corrected chi connectivity index (χ4v) is 3.23. The van der Waals surface area contributed by atoms with Crippen LogP contribution in [0.5, 0.6) is 5.75 Å². The Balaban J connectivity index is 1.88. The number of benzene rings is 2. The highest BCUT2D eigenvalue weighted by Crippen LogP contribution is 2.46. The molecule has 5 heteroatoms. The molecule has 0 aromatic heterocycles. The second-order valence-electron chi connectivity index (χ2n) is 6.05. The van der Waals surface area contributed by atoms with Crippen LogP contribution in [0.15, 0.2) is 48.5 Å². The Labute approximate surface area is 145 Å². The van der Waals surface area contributed by atoms with Gasteiger partial charge in [0.15, 0.2) is 12.4 Å². The number of ketones is 1. The largest absolute Gasteiger partial charge is 0.484 e. The monoisotopic (exact) mass is 343 g/mol. The van der Waals surface area contributed by atoms with Gasteiger partial charge in [-0.15, -0.1) is 0 Å². The highest BCUT2D eigenvalue weighted by atomic mass is 35.5. The third kappa shape index (κ3) is 3.15. The molecule has 0 bridgehead atoms. The molecule has 0 spiro atoms. The number of hydrogen-bond acceptors (Lipinski definition) is 3. The van der Waals surface area contributed by atoms with Crippen molar-refractivity contribution in [2.75, 3.05) is 6.61 Å². The summed E-state index contributed by atoms with van der Waals surface area (Å²) in [6, 6.07) is 14.4. The van der Waals surface area contributed by atoms with Gasteiger partial charge in [0, 0.05) is 10.6 Å². The van der Waals surface area contributed by atoms with Gasteiger partial charge in [0.25, 0.3) is 5.91 Å². The smallest absolute Gasteiger partial charge is 0.255 e. The zero-order valence-electron chi connectivity index (χ0n) is 13.1. The predicted molar refractivity (Wildman–Crippen MR) is 92.4 cm³/mol. The number of halogens is 1. The van der Waals surface area contributed by atoms with E-state index >= 15 is 0 Å². The third-order valence-electron chi connectivity index (χ3n) is 4.52. The van der Waals surface area contributed by atoms with Gasteiger partial charge in [-0.2, -0.15) is 0 Å². The van der Waals surface area contributed by atoms with Crippen molar-refractivity contribution in [1.82, 2.24) is 0 Å². The minimum atomic E-state index is -0.552. The van der Waals surface area contributed by atoms with Crippen LogP contribution in [0.3, 0.4) is 0 Å². The number of rotatable bonds is 6. The van der Waals surface area contributed by atoms with E-state index in [-0.39, 0.29) is 12.4 Å². The van der Waals surface area contributed by atoms with E-state index in [9.17, 15) is 9.59 Å². The normalized spacial score (nSPS) is 15.4. The van der Waals surface area contributed by atoms with Gasteiger partial charge < -0.3 is 10.5 Å². The summed E-state index contributed by atoms with van der Waals surface area (Å²) in [5.74, 6) is -0.0193. The summed E-state index contributed by atoms with van der Waals surface area (Å²) in [6.45, 7) is -0.208. The second kappa shape index (κ2) is 6.65. The number of ether oxygens (including phenoxy) is 1. The van der Waals surface area contributed by atoms with Crippen LogP contribution in [-0.4, -0.2) is 18.3 Å². The van der Waals surface area contributed by atoms with E-state index in [4.69, 9.17) is 22.1 Å². The Kier molecular flexibility index (Phi) is 4.58. The second-order valence-corrected chi connectivity index (χ2v) is 6.49. The first kappa shape index (κ1) is 16.5. The summed E-state index contributed by atoms with van der Waals surface area (Å²) in [5, 5.41) is 0.655. The predicted octanol–water partition coefficient (Wildman–Crippen LogP) is 3.51. The van der Waals surface area contributed by atoms with E-state index < -0.39 is 11.3 Å². The molecule has 4 nitrogen and oxygen atoms in total. The molecule has 1 aliphatic carbocycles. The lowest BCUT2D eigenvalue weighted by atomic mass is 9.61. The molecule has 0 heterocycles. The summed E-state index contributed by atoms with van der Waals surface area (Å²) in [4.78, 5) is 24.0. The minimum absolute atomic E-state index is 0.0700. The SMILES string of the molecule is NC(=O)COc1cccc(C(=O)C2(c3ccc(Cl)cc3)CCC2)c1. The van der Waals surface area contributed by atoms with Gasteiger partial charge in [0.2, 0.25) is 0 Å². The van der Waals surface area contributed by atoms with Crippen molar-refractivity contribution in [1.29, 1.82) is 0 Å². The fraction of sp³-hybridized carbons (Fsp3) is 0.263. The van der Waals surface area contributed by atoms with Crippen molar-refractivity contribution in [2.24, 2.45) is 5.73 Å². The Morgan fingerprint density at radius 2 is 1.83 bits per heavy atom. The maximum Gasteiger partial charge on any atom is 0.255 e. The Morgan fingerprint density at radius 3 is 2.42 bits per heavy atom. The molecule has 0 saturated heterocycles. The first-order valence-corrected chi connectivity index (χ1v) is 8.21. The summed E-state index contributed by atoms with van der Waals surface area (Å²) in [5.41, 5.74) is 6.16. The van der Waals surface area contributed by atoms with Gasteiger partial charge >= 0.3 is 0 Å². The molecular weight excluding hydrogens is 326 g/mol. The maximum absolute atomic E-state index is 13.1. The Hall–Kier alpha value is -2.33. The third-order valence-corrected chi connectivity index (χ3v) is 4.77. The van der Waals surface area contributed by atoms with Crippen molar-refractivity contribution >= 4 is 23.3 Å². The molecule has 1 saturated carbocycles.